The summed E-state index contributed by atoms with van der Waals surface area (Å²) in [6.45, 7) is 6.64. The number of thioether (sulfide) groups is 1. The molecule has 1 N–H and O–H groups in total. The van der Waals surface area contributed by atoms with Crippen molar-refractivity contribution < 1.29 is 19.1 Å². The van der Waals surface area contributed by atoms with Crippen LogP contribution in [0.4, 0.5) is 5.69 Å². The Morgan fingerprint density at radius 3 is 2.44 bits per heavy atom. The van der Waals surface area contributed by atoms with Crippen molar-refractivity contribution in [2.24, 2.45) is 0 Å². The van der Waals surface area contributed by atoms with E-state index in [1.165, 1.54) is 11.8 Å². The SMILES string of the molecule is CCOC(=O)c1ccc(NC(=O)CSc2nnc([C@@H](C)Oc3ccccc3)n2CC)cc1. The van der Waals surface area contributed by atoms with Crippen LogP contribution in [0.1, 0.15) is 43.1 Å². The first-order chi connectivity index (χ1) is 15.5. The van der Waals surface area contributed by atoms with Gasteiger partial charge in [-0.1, -0.05) is 30.0 Å². The lowest BCUT2D eigenvalue weighted by Gasteiger charge is -2.15. The van der Waals surface area contributed by atoms with E-state index >= 15 is 0 Å². The molecule has 3 aromatic rings. The van der Waals surface area contributed by atoms with E-state index in [2.05, 4.69) is 15.5 Å². The molecular formula is C23H26N4O4S. The second kappa shape index (κ2) is 11.3. The summed E-state index contributed by atoms with van der Waals surface area (Å²) in [7, 11) is 0. The molecule has 3 rings (SSSR count). The van der Waals surface area contributed by atoms with Gasteiger partial charge in [-0.25, -0.2) is 4.79 Å². The predicted molar refractivity (Wildman–Crippen MR) is 123 cm³/mol. The van der Waals surface area contributed by atoms with Crippen LogP contribution in [0, 0.1) is 0 Å². The Morgan fingerprint density at radius 1 is 1.06 bits per heavy atom. The molecule has 9 heteroatoms. The van der Waals surface area contributed by atoms with Crippen molar-refractivity contribution in [3.05, 3.63) is 66.0 Å². The Labute approximate surface area is 191 Å². The van der Waals surface area contributed by atoms with Gasteiger partial charge in [-0.15, -0.1) is 10.2 Å². The number of carbonyl (C=O) groups excluding carboxylic acids is 2. The average Bonchev–Trinajstić information content (AvgIpc) is 3.22. The van der Waals surface area contributed by atoms with Crippen LogP contribution in [0.2, 0.25) is 0 Å². The van der Waals surface area contributed by atoms with Crippen LogP contribution >= 0.6 is 11.8 Å². The van der Waals surface area contributed by atoms with E-state index in [-0.39, 0.29) is 23.7 Å². The molecule has 0 saturated carbocycles. The Balaban J connectivity index is 1.57. The number of anilines is 1. The fourth-order valence-corrected chi connectivity index (χ4v) is 3.80. The van der Waals surface area contributed by atoms with E-state index in [0.717, 1.165) is 5.75 Å². The highest BCUT2D eigenvalue weighted by molar-refractivity contribution is 7.99. The van der Waals surface area contributed by atoms with Crippen molar-refractivity contribution in [3.8, 4) is 5.75 Å². The third-order valence-electron chi connectivity index (χ3n) is 4.49. The summed E-state index contributed by atoms with van der Waals surface area (Å²) in [6.07, 6.45) is -0.286. The van der Waals surface area contributed by atoms with Crippen molar-refractivity contribution in [2.75, 3.05) is 17.7 Å². The second-order valence-corrected chi connectivity index (χ2v) is 7.74. The van der Waals surface area contributed by atoms with Crippen LogP contribution < -0.4 is 10.1 Å². The minimum absolute atomic E-state index is 0.172. The topological polar surface area (TPSA) is 95.3 Å². The number of nitrogens with zero attached hydrogens (tertiary/aromatic N) is 3. The first-order valence-electron chi connectivity index (χ1n) is 10.4. The Bertz CT molecular complexity index is 1040. The van der Waals surface area contributed by atoms with Gasteiger partial charge in [0.1, 0.15) is 5.75 Å². The number of carbonyl (C=O) groups is 2. The van der Waals surface area contributed by atoms with Gasteiger partial charge in [0.05, 0.1) is 17.9 Å². The number of benzene rings is 2. The molecule has 1 amide bonds. The number of nitrogens with one attached hydrogen (secondary N) is 1. The zero-order valence-electron chi connectivity index (χ0n) is 18.3. The Morgan fingerprint density at radius 2 is 1.78 bits per heavy atom. The molecule has 0 saturated heterocycles. The first kappa shape index (κ1) is 23.3. The van der Waals surface area contributed by atoms with Gasteiger partial charge in [0.2, 0.25) is 5.91 Å². The van der Waals surface area contributed by atoms with Crippen LogP contribution in [-0.4, -0.2) is 39.0 Å². The number of ether oxygens (including phenoxy) is 2. The molecule has 1 heterocycles. The maximum Gasteiger partial charge on any atom is 0.338 e. The van der Waals surface area contributed by atoms with Crippen LogP contribution in [0.5, 0.6) is 5.75 Å². The Hall–Kier alpha value is -3.33. The maximum absolute atomic E-state index is 12.4. The van der Waals surface area contributed by atoms with Crippen LogP contribution in [0.15, 0.2) is 59.8 Å². The monoisotopic (exact) mass is 454 g/mol. The fourth-order valence-electron chi connectivity index (χ4n) is 2.99. The average molecular weight is 455 g/mol. The minimum Gasteiger partial charge on any atom is -0.483 e. The number of hydrogen-bond acceptors (Lipinski definition) is 7. The van der Waals surface area contributed by atoms with E-state index < -0.39 is 0 Å². The van der Waals surface area contributed by atoms with Gasteiger partial charge in [-0.3, -0.25) is 4.79 Å². The van der Waals surface area contributed by atoms with Gasteiger partial charge < -0.3 is 19.4 Å². The standard InChI is InChI=1S/C23H26N4O4S/c1-4-27-21(16(3)31-19-9-7-6-8-10-19)25-26-23(27)32-15-20(28)24-18-13-11-17(12-14-18)22(29)30-5-2/h6-14,16H,4-5,15H2,1-3H3,(H,24,28)/t16-/m1/s1. The second-order valence-electron chi connectivity index (χ2n) is 6.79. The predicted octanol–water partition coefficient (Wildman–Crippen LogP) is 4.35. The smallest absolute Gasteiger partial charge is 0.338 e. The summed E-state index contributed by atoms with van der Waals surface area (Å²) in [6, 6.07) is 16.1. The van der Waals surface area contributed by atoms with E-state index in [1.807, 2.05) is 48.7 Å². The number of para-hydroxylation sites is 1. The Kier molecular flexibility index (Phi) is 8.27. The molecule has 0 aliphatic rings. The van der Waals surface area contributed by atoms with Crippen LogP contribution in [-0.2, 0) is 16.1 Å². The molecule has 0 aliphatic heterocycles. The molecule has 0 radical (unpaired) electrons. The van der Waals surface area contributed by atoms with E-state index in [9.17, 15) is 9.59 Å². The van der Waals surface area contributed by atoms with E-state index in [4.69, 9.17) is 9.47 Å². The van der Waals surface area contributed by atoms with Gasteiger partial charge in [0.15, 0.2) is 17.1 Å². The number of amides is 1. The molecular weight excluding hydrogens is 428 g/mol. The molecule has 0 bridgehead atoms. The van der Waals surface area contributed by atoms with Gasteiger partial charge >= 0.3 is 5.97 Å². The van der Waals surface area contributed by atoms with E-state index in [0.29, 0.717) is 35.4 Å². The summed E-state index contributed by atoms with van der Waals surface area (Å²) < 4.78 is 12.9. The van der Waals surface area contributed by atoms with Crippen molar-refractivity contribution in [1.29, 1.82) is 0 Å². The lowest BCUT2D eigenvalue weighted by molar-refractivity contribution is -0.113. The molecule has 1 atom stereocenters. The molecule has 0 unspecified atom stereocenters. The van der Waals surface area contributed by atoms with Gasteiger partial charge in [0.25, 0.3) is 0 Å². The highest BCUT2D eigenvalue weighted by atomic mass is 32.2. The van der Waals surface area contributed by atoms with Crippen LogP contribution in [0.3, 0.4) is 0 Å². The molecule has 168 valence electrons. The van der Waals surface area contributed by atoms with E-state index in [1.54, 1.807) is 31.2 Å². The summed E-state index contributed by atoms with van der Waals surface area (Å²) in [5, 5.41) is 12.0. The first-order valence-corrected chi connectivity index (χ1v) is 11.3. The summed E-state index contributed by atoms with van der Waals surface area (Å²) >= 11 is 1.31. The third-order valence-corrected chi connectivity index (χ3v) is 5.46. The van der Waals surface area contributed by atoms with Gasteiger partial charge in [-0.05, 0) is 57.2 Å². The van der Waals surface area contributed by atoms with Crippen LogP contribution in [0.25, 0.3) is 0 Å². The van der Waals surface area contributed by atoms with Crippen molar-refractivity contribution in [1.82, 2.24) is 14.8 Å². The fraction of sp³-hybridized carbons (Fsp3) is 0.304. The number of rotatable bonds is 10. The van der Waals surface area contributed by atoms with Crippen molar-refractivity contribution in [3.63, 3.8) is 0 Å². The van der Waals surface area contributed by atoms with Crippen molar-refractivity contribution in [2.45, 2.75) is 38.6 Å². The molecule has 0 aliphatic carbocycles. The maximum atomic E-state index is 12.4. The highest BCUT2D eigenvalue weighted by Crippen LogP contribution is 2.24. The zero-order valence-corrected chi connectivity index (χ0v) is 19.1. The van der Waals surface area contributed by atoms with Gasteiger partial charge in [0, 0.05) is 12.2 Å². The lowest BCUT2D eigenvalue weighted by atomic mass is 10.2. The minimum atomic E-state index is -0.388. The lowest BCUT2D eigenvalue weighted by Crippen LogP contribution is -2.15. The molecule has 0 fully saturated rings. The molecule has 1 aromatic heterocycles. The molecule has 32 heavy (non-hydrogen) atoms. The number of aromatic nitrogens is 3. The van der Waals surface area contributed by atoms with Crippen molar-refractivity contribution >= 4 is 29.3 Å². The summed E-state index contributed by atoms with van der Waals surface area (Å²) in [4.78, 5) is 24.1. The normalized spacial score (nSPS) is 11.6. The third kappa shape index (κ3) is 6.10. The quantitative estimate of drug-likeness (QED) is 0.359. The largest absolute Gasteiger partial charge is 0.483 e. The zero-order chi connectivity index (χ0) is 22.9. The molecule has 0 spiro atoms. The summed E-state index contributed by atoms with van der Waals surface area (Å²) in [5.41, 5.74) is 1.04. The summed E-state index contributed by atoms with van der Waals surface area (Å²) in [5.74, 6) is 1.06. The number of esters is 1. The molecule has 2 aromatic carbocycles. The number of hydrogen-bond donors (Lipinski definition) is 1. The highest BCUT2D eigenvalue weighted by Gasteiger charge is 2.19. The van der Waals surface area contributed by atoms with Gasteiger partial charge in [-0.2, -0.15) is 0 Å². The molecule has 8 nitrogen and oxygen atoms in total.